The molecule has 29 heavy (non-hydrogen) atoms. The summed E-state index contributed by atoms with van der Waals surface area (Å²) in [7, 11) is 4.14. The van der Waals surface area contributed by atoms with Crippen molar-refractivity contribution < 1.29 is 14.3 Å². The van der Waals surface area contributed by atoms with Gasteiger partial charge < -0.3 is 20.3 Å². The molecule has 156 valence electrons. The first-order valence-electron chi connectivity index (χ1n) is 10.0. The van der Waals surface area contributed by atoms with Gasteiger partial charge >= 0.3 is 11.8 Å². The maximum atomic E-state index is 12.4. The van der Waals surface area contributed by atoms with E-state index in [1.54, 1.807) is 16.2 Å². The van der Waals surface area contributed by atoms with Crippen molar-refractivity contribution >= 4 is 33.4 Å². The van der Waals surface area contributed by atoms with Crippen LogP contribution in [0.4, 0.5) is 0 Å². The van der Waals surface area contributed by atoms with Gasteiger partial charge in [-0.3, -0.25) is 9.59 Å². The number of aromatic nitrogens is 1. The van der Waals surface area contributed by atoms with Crippen molar-refractivity contribution in [2.45, 2.75) is 31.2 Å². The summed E-state index contributed by atoms with van der Waals surface area (Å²) in [6.07, 6.45) is 1.83. The van der Waals surface area contributed by atoms with Crippen LogP contribution < -0.4 is 5.73 Å². The smallest absolute Gasteiger partial charge is 0.312 e. The van der Waals surface area contributed by atoms with E-state index >= 15 is 0 Å². The molecule has 2 aromatic rings. The minimum absolute atomic E-state index is 0.0401. The molecule has 2 aliphatic heterocycles. The van der Waals surface area contributed by atoms with Crippen molar-refractivity contribution in [2.24, 2.45) is 11.7 Å². The molecule has 0 radical (unpaired) electrons. The van der Waals surface area contributed by atoms with Crippen LogP contribution >= 0.6 is 11.3 Å². The van der Waals surface area contributed by atoms with Crippen LogP contribution in [0.25, 0.3) is 10.2 Å². The highest BCUT2D eigenvalue weighted by Crippen LogP contribution is 2.40. The number of nitrogens with two attached hydrogens (primary N) is 1. The molecule has 1 aromatic heterocycles. The van der Waals surface area contributed by atoms with E-state index in [0.29, 0.717) is 25.7 Å². The van der Waals surface area contributed by atoms with Gasteiger partial charge in [0, 0.05) is 13.1 Å². The van der Waals surface area contributed by atoms with E-state index < -0.39 is 11.8 Å². The Hall–Kier alpha value is -2.03. The van der Waals surface area contributed by atoms with E-state index in [2.05, 4.69) is 44.1 Å². The van der Waals surface area contributed by atoms with Gasteiger partial charge in [0.1, 0.15) is 5.01 Å². The number of nitrogens with zero attached hydrogens (tertiary/aromatic N) is 3. The maximum Gasteiger partial charge on any atom is 0.312 e. The minimum atomic E-state index is -0.892. The van der Waals surface area contributed by atoms with Crippen molar-refractivity contribution in [3.05, 3.63) is 28.8 Å². The fraction of sp³-hybridized carbons (Fsp3) is 0.571. The molecule has 0 saturated carbocycles. The zero-order valence-corrected chi connectivity index (χ0v) is 18.0. The maximum absolute atomic E-state index is 12.4. The Morgan fingerprint density at radius 1 is 1.34 bits per heavy atom. The van der Waals surface area contributed by atoms with Crippen LogP contribution in [0.5, 0.6) is 0 Å². The molecule has 0 aliphatic carbocycles. The molecule has 2 N–H and O–H groups in total. The molecule has 0 unspecified atom stereocenters. The Labute approximate surface area is 174 Å². The molecule has 8 heteroatoms. The van der Waals surface area contributed by atoms with Crippen molar-refractivity contribution in [3.63, 3.8) is 0 Å². The lowest BCUT2D eigenvalue weighted by Crippen LogP contribution is -2.53. The molecule has 2 amide bonds. The molecule has 2 atom stereocenters. The normalized spacial score (nSPS) is 23.9. The largest absolute Gasteiger partial charge is 0.379 e. The summed E-state index contributed by atoms with van der Waals surface area (Å²) in [5.74, 6) is -1.14. The predicted molar refractivity (Wildman–Crippen MR) is 113 cm³/mol. The van der Waals surface area contributed by atoms with Crippen LogP contribution in [0, 0.1) is 5.92 Å². The number of rotatable bonds is 4. The highest BCUT2D eigenvalue weighted by Gasteiger charge is 2.43. The highest BCUT2D eigenvalue weighted by molar-refractivity contribution is 7.18. The van der Waals surface area contributed by atoms with Crippen LogP contribution in [0.15, 0.2) is 18.2 Å². The molecule has 2 fully saturated rings. The molecule has 2 saturated heterocycles. The number of thiazole rings is 1. The number of carbonyl (C=O) groups is 2. The molecule has 4 rings (SSSR count). The second-order valence-corrected chi connectivity index (χ2v) is 9.81. The van der Waals surface area contributed by atoms with Crippen molar-refractivity contribution in [3.8, 4) is 0 Å². The standard InChI is InChI=1S/C21H28N4O3S/c1-13-4-6-16(25(9-13)19(27)18(22)26)14-5-7-17-15(8-14)23-20(29-17)21(10-24(2)3)11-28-12-21/h5,7-8,13,16H,4,6,9-12H2,1-3H3,(H2,22,26)/t13-,16+/m0/s1. The second kappa shape index (κ2) is 7.66. The van der Waals surface area contributed by atoms with E-state index in [4.69, 9.17) is 15.5 Å². The van der Waals surface area contributed by atoms with Crippen LogP contribution in [0.3, 0.4) is 0 Å². The Balaban J connectivity index is 1.66. The second-order valence-electron chi connectivity index (χ2n) is 8.78. The number of hydrogen-bond donors (Lipinski definition) is 1. The van der Waals surface area contributed by atoms with Gasteiger partial charge in [-0.05, 0) is 50.6 Å². The van der Waals surface area contributed by atoms with Crippen molar-refractivity contribution in [1.29, 1.82) is 0 Å². The third kappa shape index (κ3) is 3.76. The number of ether oxygens (including phenoxy) is 1. The third-order valence-electron chi connectivity index (χ3n) is 5.91. The third-order valence-corrected chi connectivity index (χ3v) is 7.20. The number of fused-ring (bicyclic) bond motifs is 1. The highest BCUT2D eigenvalue weighted by atomic mass is 32.1. The Bertz CT molecular complexity index is 937. The SMILES string of the molecule is C[C@H]1CC[C@H](c2ccc3sc(C4(CN(C)C)COC4)nc3c2)N(C(=O)C(N)=O)C1. The average molecular weight is 417 g/mol. The molecule has 3 heterocycles. The minimum Gasteiger partial charge on any atom is -0.379 e. The first-order valence-corrected chi connectivity index (χ1v) is 10.8. The summed E-state index contributed by atoms with van der Waals surface area (Å²) in [5, 5.41) is 1.10. The molecule has 7 nitrogen and oxygen atoms in total. The molecular formula is C21H28N4O3S. The van der Waals surface area contributed by atoms with Crippen LogP contribution in [0.2, 0.25) is 0 Å². The van der Waals surface area contributed by atoms with Gasteiger partial charge in [-0.15, -0.1) is 11.3 Å². The summed E-state index contributed by atoms with van der Waals surface area (Å²) in [6.45, 7) is 4.94. The van der Waals surface area contributed by atoms with E-state index in [1.807, 2.05) is 0 Å². The Morgan fingerprint density at radius 2 is 2.10 bits per heavy atom. The van der Waals surface area contributed by atoms with Gasteiger partial charge in [-0.2, -0.15) is 0 Å². The van der Waals surface area contributed by atoms with Gasteiger partial charge in [-0.1, -0.05) is 13.0 Å². The summed E-state index contributed by atoms with van der Waals surface area (Å²) >= 11 is 1.72. The van der Waals surface area contributed by atoms with Gasteiger partial charge in [0.25, 0.3) is 0 Å². The zero-order chi connectivity index (χ0) is 20.8. The number of likely N-dealkylation sites (tertiary alicyclic amines) is 1. The van der Waals surface area contributed by atoms with Gasteiger partial charge in [0.05, 0.1) is 34.9 Å². The number of benzene rings is 1. The quantitative estimate of drug-likeness (QED) is 0.769. The molecular weight excluding hydrogens is 388 g/mol. The lowest BCUT2D eigenvalue weighted by atomic mass is 9.86. The summed E-state index contributed by atoms with van der Waals surface area (Å²) in [4.78, 5) is 32.7. The summed E-state index contributed by atoms with van der Waals surface area (Å²) in [5.41, 5.74) is 7.22. The average Bonchev–Trinajstić information content (AvgIpc) is 3.07. The van der Waals surface area contributed by atoms with E-state index in [9.17, 15) is 9.59 Å². The zero-order valence-electron chi connectivity index (χ0n) is 17.2. The summed E-state index contributed by atoms with van der Waals surface area (Å²) < 4.78 is 6.66. The van der Waals surface area contributed by atoms with Gasteiger partial charge in [0.15, 0.2) is 0 Å². The fourth-order valence-electron chi connectivity index (χ4n) is 4.48. The number of primary amides is 1. The fourth-order valence-corrected chi connectivity index (χ4v) is 5.58. The van der Waals surface area contributed by atoms with Crippen molar-refractivity contribution in [2.75, 3.05) is 40.4 Å². The molecule has 1 aromatic carbocycles. The monoisotopic (exact) mass is 416 g/mol. The van der Waals surface area contributed by atoms with Crippen LogP contribution in [-0.4, -0.2) is 67.0 Å². The Kier molecular flexibility index (Phi) is 5.35. The number of likely N-dealkylation sites (N-methyl/N-ethyl adjacent to an activating group) is 1. The molecule has 2 aliphatic rings. The number of amides is 2. The lowest BCUT2D eigenvalue weighted by molar-refractivity contribution is -0.147. The van der Waals surface area contributed by atoms with E-state index in [0.717, 1.165) is 40.2 Å². The van der Waals surface area contributed by atoms with E-state index in [1.165, 1.54) is 0 Å². The van der Waals surface area contributed by atoms with Crippen LogP contribution in [0.1, 0.15) is 36.4 Å². The van der Waals surface area contributed by atoms with Crippen LogP contribution in [-0.2, 0) is 19.7 Å². The van der Waals surface area contributed by atoms with Crippen molar-refractivity contribution in [1.82, 2.24) is 14.8 Å². The lowest BCUT2D eigenvalue weighted by Gasteiger charge is -2.41. The number of piperidine rings is 1. The van der Waals surface area contributed by atoms with Gasteiger partial charge in [-0.25, -0.2) is 4.98 Å². The number of hydrogen-bond acceptors (Lipinski definition) is 6. The Morgan fingerprint density at radius 3 is 2.72 bits per heavy atom. The topological polar surface area (TPSA) is 88.8 Å². The van der Waals surface area contributed by atoms with Gasteiger partial charge in [0.2, 0.25) is 0 Å². The molecule has 0 spiro atoms. The first-order chi connectivity index (χ1) is 13.8. The summed E-state index contributed by atoms with van der Waals surface area (Å²) in [6, 6.07) is 6.07. The first kappa shape index (κ1) is 20.3. The number of carbonyl (C=O) groups excluding carboxylic acids is 2. The molecule has 0 bridgehead atoms. The van der Waals surface area contributed by atoms with E-state index in [-0.39, 0.29) is 11.5 Å². The predicted octanol–water partition coefficient (Wildman–Crippen LogP) is 1.91.